The molecule has 6 heteroatoms. The lowest BCUT2D eigenvalue weighted by molar-refractivity contribution is -0.121. The highest BCUT2D eigenvalue weighted by atomic mass is 35.5. The van der Waals surface area contributed by atoms with Gasteiger partial charge in [-0.1, -0.05) is 37.6 Å². The van der Waals surface area contributed by atoms with E-state index in [1.807, 2.05) is 24.3 Å². The minimum Gasteiger partial charge on any atom is -0.379 e. The fraction of sp³-hybridized carbons (Fsp3) is 0.611. The lowest BCUT2D eigenvalue weighted by Gasteiger charge is -2.36. The van der Waals surface area contributed by atoms with E-state index < -0.39 is 0 Å². The summed E-state index contributed by atoms with van der Waals surface area (Å²) >= 11 is 7.75. The van der Waals surface area contributed by atoms with Crippen molar-refractivity contribution in [2.45, 2.75) is 31.2 Å². The Labute approximate surface area is 154 Å². The second kappa shape index (κ2) is 10.3. The van der Waals surface area contributed by atoms with Gasteiger partial charge in [0.2, 0.25) is 5.91 Å². The normalized spacial score (nSPS) is 17.0. The second-order valence-corrected chi connectivity index (χ2v) is 7.84. The van der Waals surface area contributed by atoms with Crippen molar-refractivity contribution in [3.63, 3.8) is 0 Å². The van der Waals surface area contributed by atoms with Crippen molar-refractivity contribution in [1.29, 1.82) is 0 Å². The van der Waals surface area contributed by atoms with Gasteiger partial charge in [-0.3, -0.25) is 9.69 Å². The van der Waals surface area contributed by atoms with E-state index >= 15 is 0 Å². The van der Waals surface area contributed by atoms with Gasteiger partial charge in [-0.15, -0.1) is 11.8 Å². The van der Waals surface area contributed by atoms with Crippen LogP contribution in [0.2, 0.25) is 5.02 Å². The molecule has 1 aromatic carbocycles. The number of carbonyl (C=O) groups excluding carboxylic acids is 1. The fourth-order valence-corrected chi connectivity index (χ4v) is 4.01. The molecular weight excluding hydrogens is 344 g/mol. The molecule has 1 heterocycles. The minimum atomic E-state index is 0.105. The van der Waals surface area contributed by atoms with Crippen molar-refractivity contribution in [2.24, 2.45) is 5.92 Å². The average Bonchev–Trinajstić information content (AvgIpc) is 2.57. The molecular formula is C18H27ClN2O2S. The molecule has 1 aliphatic rings. The number of morpholine rings is 1. The number of carbonyl (C=O) groups is 1. The second-order valence-electron chi connectivity index (χ2n) is 6.29. The van der Waals surface area contributed by atoms with E-state index in [1.165, 1.54) is 0 Å². The van der Waals surface area contributed by atoms with E-state index in [0.29, 0.717) is 24.9 Å². The maximum Gasteiger partial charge on any atom is 0.220 e. The average molecular weight is 371 g/mol. The van der Waals surface area contributed by atoms with Crippen LogP contribution in [-0.4, -0.2) is 55.4 Å². The molecule has 1 saturated heterocycles. The SMILES string of the molecule is CC(C)C(CNC(=O)CCSc1ccccc1Cl)N1CCOCC1. The number of halogens is 1. The van der Waals surface area contributed by atoms with Crippen LogP contribution in [0.3, 0.4) is 0 Å². The first-order chi connectivity index (χ1) is 11.6. The van der Waals surface area contributed by atoms with E-state index in [4.69, 9.17) is 16.3 Å². The molecule has 1 aromatic rings. The number of benzene rings is 1. The Bertz CT molecular complexity index is 521. The summed E-state index contributed by atoms with van der Waals surface area (Å²) in [4.78, 5) is 15.6. The molecule has 134 valence electrons. The van der Waals surface area contributed by atoms with Crippen molar-refractivity contribution in [1.82, 2.24) is 10.2 Å². The van der Waals surface area contributed by atoms with Gasteiger partial charge in [0.05, 0.1) is 18.2 Å². The van der Waals surface area contributed by atoms with Gasteiger partial charge >= 0.3 is 0 Å². The Kier molecular flexibility index (Phi) is 8.39. The fourth-order valence-electron chi connectivity index (χ4n) is 2.82. The summed E-state index contributed by atoms with van der Waals surface area (Å²) in [5.74, 6) is 1.34. The highest BCUT2D eigenvalue weighted by Crippen LogP contribution is 2.26. The van der Waals surface area contributed by atoms with E-state index in [2.05, 4.69) is 24.1 Å². The molecule has 0 saturated carbocycles. The number of hydrogen-bond donors (Lipinski definition) is 1. The Morgan fingerprint density at radius 3 is 2.71 bits per heavy atom. The molecule has 2 rings (SSSR count). The Balaban J connectivity index is 1.71. The first-order valence-corrected chi connectivity index (χ1v) is 9.90. The van der Waals surface area contributed by atoms with Crippen molar-refractivity contribution in [3.05, 3.63) is 29.3 Å². The van der Waals surface area contributed by atoms with Gasteiger partial charge in [0.1, 0.15) is 0 Å². The number of amides is 1. The third kappa shape index (κ3) is 6.28. The van der Waals surface area contributed by atoms with E-state index in [9.17, 15) is 4.79 Å². The van der Waals surface area contributed by atoms with Crippen molar-refractivity contribution in [3.8, 4) is 0 Å². The number of ether oxygens (including phenoxy) is 1. The molecule has 1 fully saturated rings. The monoisotopic (exact) mass is 370 g/mol. The van der Waals surface area contributed by atoms with Gasteiger partial charge in [-0.25, -0.2) is 0 Å². The van der Waals surface area contributed by atoms with Crippen LogP contribution in [0.15, 0.2) is 29.2 Å². The molecule has 1 unspecified atom stereocenters. The number of nitrogens with one attached hydrogen (secondary N) is 1. The predicted molar refractivity (Wildman–Crippen MR) is 101 cm³/mol. The molecule has 1 atom stereocenters. The summed E-state index contributed by atoms with van der Waals surface area (Å²) < 4.78 is 5.42. The lowest BCUT2D eigenvalue weighted by Crippen LogP contribution is -2.51. The van der Waals surface area contributed by atoms with Gasteiger partial charge in [-0.05, 0) is 18.1 Å². The maximum absolute atomic E-state index is 12.1. The van der Waals surface area contributed by atoms with Crippen LogP contribution >= 0.6 is 23.4 Å². The zero-order chi connectivity index (χ0) is 17.4. The summed E-state index contributed by atoms with van der Waals surface area (Å²) in [5.41, 5.74) is 0. The van der Waals surface area contributed by atoms with Crippen LogP contribution in [0.4, 0.5) is 0 Å². The zero-order valence-electron chi connectivity index (χ0n) is 14.5. The highest BCUT2D eigenvalue weighted by Gasteiger charge is 2.24. The summed E-state index contributed by atoms with van der Waals surface area (Å²) in [6.07, 6.45) is 0.504. The molecule has 0 bridgehead atoms. The quantitative estimate of drug-likeness (QED) is 0.713. The van der Waals surface area contributed by atoms with Gasteiger partial charge in [0.25, 0.3) is 0 Å². The van der Waals surface area contributed by atoms with Gasteiger partial charge < -0.3 is 10.1 Å². The standard InChI is InChI=1S/C18H27ClN2O2S/c1-14(2)16(21-8-10-23-11-9-21)13-20-18(22)7-12-24-17-6-4-3-5-15(17)19/h3-6,14,16H,7-13H2,1-2H3,(H,20,22). The van der Waals surface area contributed by atoms with Crippen LogP contribution in [-0.2, 0) is 9.53 Å². The Morgan fingerprint density at radius 1 is 1.33 bits per heavy atom. The smallest absolute Gasteiger partial charge is 0.220 e. The first-order valence-electron chi connectivity index (χ1n) is 8.53. The maximum atomic E-state index is 12.1. The van der Waals surface area contributed by atoms with E-state index in [0.717, 1.165) is 42.0 Å². The van der Waals surface area contributed by atoms with Gasteiger partial charge in [-0.2, -0.15) is 0 Å². The van der Waals surface area contributed by atoms with E-state index in [-0.39, 0.29) is 5.91 Å². The van der Waals surface area contributed by atoms with Crippen molar-refractivity contribution >= 4 is 29.3 Å². The molecule has 0 aromatic heterocycles. The molecule has 24 heavy (non-hydrogen) atoms. The Hall–Kier alpha value is -0.750. The lowest BCUT2D eigenvalue weighted by atomic mass is 10.0. The van der Waals surface area contributed by atoms with Gasteiger partial charge in [0.15, 0.2) is 0 Å². The third-order valence-electron chi connectivity index (χ3n) is 4.22. The Morgan fingerprint density at radius 2 is 2.04 bits per heavy atom. The van der Waals surface area contributed by atoms with Crippen LogP contribution in [0, 0.1) is 5.92 Å². The number of thioether (sulfide) groups is 1. The van der Waals surface area contributed by atoms with Crippen LogP contribution in [0.5, 0.6) is 0 Å². The predicted octanol–water partition coefficient (Wildman–Crippen LogP) is 3.30. The minimum absolute atomic E-state index is 0.105. The van der Waals surface area contributed by atoms with Crippen molar-refractivity contribution in [2.75, 3.05) is 38.6 Å². The summed E-state index contributed by atoms with van der Waals surface area (Å²) in [7, 11) is 0. The number of hydrogen-bond acceptors (Lipinski definition) is 4. The topological polar surface area (TPSA) is 41.6 Å². The molecule has 0 aliphatic carbocycles. The number of rotatable bonds is 8. The van der Waals surface area contributed by atoms with Crippen molar-refractivity contribution < 1.29 is 9.53 Å². The largest absolute Gasteiger partial charge is 0.379 e. The van der Waals surface area contributed by atoms with Gasteiger partial charge in [0, 0.05) is 42.7 Å². The molecule has 1 aliphatic heterocycles. The molecule has 0 spiro atoms. The highest BCUT2D eigenvalue weighted by molar-refractivity contribution is 7.99. The summed E-state index contributed by atoms with van der Waals surface area (Å²) in [5, 5.41) is 3.84. The molecule has 0 radical (unpaired) electrons. The van der Waals surface area contributed by atoms with Crippen LogP contribution in [0.1, 0.15) is 20.3 Å². The molecule has 1 N–H and O–H groups in total. The van der Waals surface area contributed by atoms with Crippen LogP contribution in [0.25, 0.3) is 0 Å². The van der Waals surface area contributed by atoms with Crippen LogP contribution < -0.4 is 5.32 Å². The molecule has 1 amide bonds. The summed E-state index contributed by atoms with van der Waals surface area (Å²) in [6.45, 7) is 8.58. The summed E-state index contributed by atoms with van der Waals surface area (Å²) in [6, 6.07) is 8.10. The molecule has 4 nitrogen and oxygen atoms in total. The zero-order valence-corrected chi connectivity index (χ0v) is 16.0. The third-order valence-corrected chi connectivity index (χ3v) is 5.73. The first kappa shape index (κ1) is 19.6. The van der Waals surface area contributed by atoms with E-state index in [1.54, 1.807) is 11.8 Å². The number of nitrogens with zero attached hydrogens (tertiary/aromatic N) is 1.